The Morgan fingerprint density at radius 3 is 2.22 bits per heavy atom. The molecule has 0 aromatic heterocycles. The Labute approximate surface area is 138 Å². The predicted octanol–water partition coefficient (Wildman–Crippen LogP) is 4.43. The van der Waals surface area contributed by atoms with E-state index < -0.39 is 0 Å². The third kappa shape index (κ3) is 3.85. The first kappa shape index (κ1) is 15.9. The van der Waals surface area contributed by atoms with Gasteiger partial charge in [-0.3, -0.25) is 0 Å². The van der Waals surface area contributed by atoms with Gasteiger partial charge < -0.3 is 14.8 Å². The maximum Gasteiger partial charge on any atom is 0.161 e. The van der Waals surface area contributed by atoms with Crippen molar-refractivity contribution >= 4 is 0 Å². The maximum atomic E-state index is 5.66. The van der Waals surface area contributed by atoms with Gasteiger partial charge >= 0.3 is 0 Å². The Hall–Kier alpha value is -2.00. The van der Waals surface area contributed by atoms with Crippen LogP contribution in [0.1, 0.15) is 49.4 Å². The van der Waals surface area contributed by atoms with E-state index in [0.29, 0.717) is 19.1 Å². The topological polar surface area (TPSA) is 30.5 Å². The van der Waals surface area contributed by atoms with Crippen molar-refractivity contribution in [2.45, 2.75) is 39.3 Å². The van der Waals surface area contributed by atoms with E-state index in [4.69, 9.17) is 9.47 Å². The Bertz CT molecular complexity index is 649. The highest BCUT2D eigenvalue weighted by molar-refractivity contribution is 5.44. The minimum absolute atomic E-state index is 0.260. The van der Waals surface area contributed by atoms with Crippen LogP contribution in [0.4, 0.5) is 0 Å². The van der Waals surface area contributed by atoms with Crippen LogP contribution in [0.25, 0.3) is 0 Å². The molecule has 3 heteroatoms. The molecule has 0 radical (unpaired) electrons. The van der Waals surface area contributed by atoms with Crippen molar-refractivity contribution in [1.29, 1.82) is 0 Å². The van der Waals surface area contributed by atoms with Crippen molar-refractivity contribution in [2.75, 3.05) is 13.2 Å². The van der Waals surface area contributed by atoms with Crippen molar-refractivity contribution in [3.05, 3.63) is 59.2 Å². The summed E-state index contributed by atoms with van der Waals surface area (Å²) in [5, 5.41) is 3.57. The number of benzene rings is 2. The predicted molar refractivity (Wildman–Crippen MR) is 93.2 cm³/mol. The van der Waals surface area contributed by atoms with Crippen molar-refractivity contribution in [3.63, 3.8) is 0 Å². The van der Waals surface area contributed by atoms with Gasteiger partial charge in [-0.2, -0.15) is 0 Å². The molecular weight excluding hydrogens is 286 g/mol. The summed E-state index contributed by atoms with van der Waals surface area (Å²) in [5.74, 6) is 2.27. The highest BCUT2D eigenvalue weighted by Crippen LogP contribution is 2.32. The monoisotopic (exact) mass is 311 g/mol. The summed E-state index contributed by atoms with van der Waals surface area (Å²) in [5.41, 5.74) is 3.90. The van der Waals surface area contributed by atoms with Crippen LogP contribution < -0.4 is 14.8 Å². The lowest BCUT2D eigenvalue weighted by atomic mass is 10.0. The zero-order valence-electron chi connectivity index (χ0n) is 14.1. The number of nitrogens with one attached hydrogen (secondary N) is 1. The number of hydrogen-bond donors (Lipinski definition) is 1. The fraction of sp³-hybridized carbons (Fsp3) is 0.400. The largest absolute Gasteiger partial charge is 0.486 e. The summed E-state index contributed by atoms with van der Waals surface area (Å²) in [6, 6.07) is 15.3. The second kappa shape index (κ2) is 7.05. The van der Waals surface area contributed by atoms with E-state index in [1.54, 1.807) is 0 Å². The second-order valence-electron chi connectivity index (χ2n) is 6.40. The average molecular weight is 311 g/mol. The van der Waals surface area contributed by atoms with Gasteiger partial charge in [0.05, 0.1) is 0 Å². The molecule has 0 spiro atoms. The maximum absolute atomic E-state index is 5.66. The van der Waals surface area contributed by atoms with Crippen LogP contribution in [0.2, 0.25) is 0 Å². The molecule has 0 aliphatic carbocycles. The van der Waals surface area contributed by atoms with E-state index >= 15 is 0 Å². The lowest BCUT2D eigenvalue weighted by Gasteiger charge is -2.21. The first-order valence-corrected chi connectivity index (χ1v) is 8.35. The molecule has 0 bridgehead atoms. The minimum atomic E-state index is 0.260. The van der Waals surface area contributed by atoms with Gasteiger partial charge in [-0.05, 0) is 41.7 Å². The second-order valence-corrected chi connectivity index (χ2v) is 6.40. The molecule has 0 saturated heterocycles. The van der Waals surface area contributed by atoms with Gasteiger partial charge in [0.15, 0.2) is 11.5 Å². The summed E-state index contributed by atoms with van der Waals surface area (Å²) in [6.07, 6.45) is 0. The van der Waals surface area contributed by atoms with Crippen molar-refractivity contribution in [1.82, 2.24) is 5.32 Å². The molecule has 0 saturated carbocycles. The molecule has 1 atom stereocenters. The summed E-state index contributed by atoms with van der Waals surface area (Å²) < 4.78 is 11.2. The van der Waals surface area contributed by atoms with Crippen LogP contribution in [0.15, 0.2) is 42.5 Å². The molecule has 23 heavy (non-hydrogen) atoms. The molecule has 1 heterocycles. The van der Waals surface area contributed by atoms with Crippen molar-refractivity contribution in [3.8, 4) is 11.5 Å². The summed E-state index contributed by atoms with van der Waals surface area (Å²) in [6.45, 7) is 8.73. The van der Waals surface area contributed by atoms with Gasteiger partial charge in [-0.15, -0.1) is 0 Å². The van der Waals surface area contributed by atoms with Crippen LogP contribution in [0, 0.1) is 0 Å². The van der Waals surface area contributed by atoms with E-state index in [9.17, 15) is 0 Å². The Morgan fingerprint density at radius 1 is 0.870 bits per heavy atom. The first-order valence-electron chi connectivity index (χ1n) is 8.35. The number of hydrogen-bond acceptors (Lipinski definition) is 3. The lowest BCUT2D eigenvalue weighted by molar-refractivity contribution is 0.171. The molecule has 0 amide bonds. The Kier molecular flexibility index (Phi) is 4.87. The number of fused-ring (bicyclic) bond motifs is 1. The van der Waals surface area contributed by atoms with Gasteiger partial charge in [-0.25, -0.2) is 0 Å². The fourth-order valence-electron chi connectivity index (χ4n) is 2.74. The van der Waals surface area contributed by atoms with Crippen molar-refractivity contribution in [2.24, 2.45) is 0 Å². The molecular formula is C20H25NO2. The smallest absolute Gasteiger partial charge is 0.161 e. The average Bonchev–Trinajstić information content (AvgIpc) is 2.59. The molecule has 3 rings (SSSR count). The fourth-order valence-corrected chi connectivity index (χ4v) is 2.74. The quantitative estimate of drug-likeness (QED) is 0.886. The third-order valence-electron chi connectivity index (χ3n) is 4.32. The molecule has 2 aromatic carbocycles. The van der Waals surface area contributed by atoms with Crippen LogP contribution in [0.5, 0.6) is 11.5 Å². The van der Waals surface area contributed by atoms with E-state index in [1.807, 2.05) is 6.07 Å². The lowest BCUT2D eigenvalue weighted by Crippen LogP contribution is -2.19. The van der Waals surface area contributed by atoms with E-state index in [2.05, 4.69) is 62.5 Å². The highest BCUT2D eigenvalue weighted by Gasteiger charge is 2.14. The summed E-state index contributed by atoms with van der Waals surface area (Å²) in [7, 11) is 0. The molecule has 1 aliphatic heterocycles. The Morgan fingerprint density at radius 2 is 1.52 bits per heavy atom. The van der Waals surface area contributed by atoms with Crippen molar-refractivity contribution < 1.29 is 9.47 Å². The van der Waals surface area contributed by atoms with Gasteiger partial charge in [0.2, 0.25) is 0 Å². The standard InChI is InChI=1S/C20H25NO2/c1-14(2)17-6-4-16(5-7-17)13-21-15(3)18-8-9-19-20(12-18)23-11-10-22-19/h4-9,12,14-15,21H,10-11,13H2,1-3H3. The SMILES string of the molecule is CC(C)c1ccc(CNC(C)c2ccc3c(c2)OCCO3)cc1. The first-order chi connectivity index (χ1) is 11.1. The molecule has 122 valence electrons. The van der Waals surface area contributed by atoms with E-state index in [0.717, 1.165) is 18.0 Å². The molecule has 0 fully saturated rings. The van der Waals surface area contributed by atoms with E-state index in [-0.39, 0.29) is 6.04 Å². The molecule has 3 nitrogen and oxygen atoms in total. The normalized spacial score (nSPS) is 14.8. The van der Waals surface area contributed by atoms with E-state index in [1.165, 1.54) is 16.7 Å². The Balaban J connectivity index is 1.61. The zero-order chi connectivity index (χ0) is 16.2. The van der Waals surface area contributed by atoms with Crippen LogP contribution in [0.3, 0.4) is 0 Å². The summed E-state index contributed by atoms with van der Waals surface area (Å²) >= 11 is 0. The van der Waals surface area contributed by atoms with Gasteiger partial charge in [0.1, 0.15) is 13.2 Å². The molecule has 1 aliphatic rings. The number of ether oxygens (including phenoxy) is 2. The van der Waals surface area contributed by atoms with Crippen LogP contribution in [-0.4, -0.2) is 13.2 Å². The number of rotatable bonds is 5. The highest BCUT2D eigenvalue weighted by atomic mass is 16.6. The third-order valence-corrected chi connectivity index (χ3v) is 4.32. The zero-order valence-corrected chi connectivity index (χ0v) is 14.1. The van der Waals surface area contributed by atoms with Crippen LogP contribution in [-0.2, 0) is 6.54 Å². The van der Waals surface area contributed by atoms with Crippen LogP contribution >= 0.6 is 0 Å². The minimum Gasteiger partial charge on any atom is -0.486 e. The van der Waals surface area contributed by atoms with Gasteiger partial charge in [0, 0.05) is 12.6 Å². The molecule has 2 aromatic rings. The summed E-state index contributed by atoms with van der Waals surface area (Å²) in [4.78, 5) is 0. The van der Waals surface area contributed by atoms with Gasteiger partial charge in [0.25, 0.3) is 0 Å². The molecule has 1 unspecified atom stereocenters. The molecule has 1 N–H and O–H groups in total. The van der Waals surface area contributed by atoms with Gasteiger partial charge in [-0.1, -0.05) is 44.2 Å².